The van der Waals surface area contributed by atoms with Crippen molar-refractivity contribution in [2.24, 2.45) is 5.16 Å². The first-order valence-corrected chi connectivity index (χ1v) is 12.4. The number of pyridine rings is 1. The fourth-order valence-electron chi connectivity index (χ4n) is 4.31. The zero-order chi connectivity index (χ0) is 24.2. The first-order valence-electron chi connectivity index (χ1n) is 10.9. The van der Waals surface area contributed by atoms with E-state index in [0.29, 0.717) is 36.4 Å². The summed E-state index contributed by atoms with van der Waals surface area (Å²) in [4.78, 5) is 11.4. The molecule has 1 aromatic heterocycles. The minimum Gasteiger partial charge on any atom is -0.384 e. The molecule has 2 aromatic rings. The first-order chi connectivity index (χ1) is 16.1. The standard InChI is InChI=1S/C22H22F4N4O3S/c1-11-4-14(21-15(24)5-12(23)6-16(21)25)22(27-8-11)19-7-20(28-33-19)30-9-17(26)18(10-30)29-34(31,32)13-2-3-13/h4-6,8,13,17-19,29H,2-3,7,9-10H2,1H3/t17-,18+,19-/m0/s1. The molecule has 34 heavy (non-hydrogen) atoms. The number of likely N-dealkylation sites (tertiary alicyclic amines) is 1. The number of benzene rings is 1. The topological polar surface area (TPSA) is 83.9 Å². The molecule has 12 heteroatoms. The lowest BCUT2D eigenvalue weighted by molar-refractivity contribution is 0.0828. The molecule has 1 saturated heterocycles. The smallest absolute Gasteiger partial charge is 0.214 e. The van der Waals surface area contributed by atoms with Crippen molar-refractivity contribution in [1.29, 1.82) is 0 Å². The van der Waals surface area contributed by atoms with E-state index in [0.717, 1.165) is 0 Å². The summed E-state index contributed by atoms with van der Waals surface area (Å²) in [6, 6.07) is 1.81. The highest BCUT2D eigenvalue weighted by molar-refractivity contribution is 7.90. The Balaban J connectivity index is 1.35. The van der Waals surface area contributed by atoms with Gasteiger partial charge in [0.1, 0.15) is 29.5 Å². The molecule has 7 nitrogen and oxygen atoms in total. The van der Waals surface area contributed by atoms with Crippen molar-refractivity contribution >= 4 is 15.9 Å². The van der Waals surface area contributed by atoms with Gasteiger partial charge in [0.25, 0.3) is 0 Å². The Bertz CT molecular complexity index is 1250. The number of rotatable bonds is 5. The second kappa shape index (κ2) is 8.49. The van der Waals surface area contributed by atoms with Gasteiger partial charge in [-0.25, -0.2) is 30.7 Å². The average molecular weight is 499 g/mol. The molecule has 0 amide bonds. The van der Waals surface area contributed by atoms with E-state index in [1.807, 2.05) is 0 Å². The molecule has 1 aliphatic carbocycles. The van der Waals surface area contributed by atoms with Crippen LogP contribution in [-0.2, 0) is 14.9 Å². The lowest BCUT2D eigenvalue weighted by atomic mass is 9.97. The highest BCUT2D eigenvalue weighted by atomic mass is 32.2. The molecular weight excluding hydrogens is 476 g/mol. The van der Waals surface area contributed by atoms with Gasteiger partial charge in [-0.2, -0.15) is 0 Å². The molecule has 1 aromatic carbocycles. The van der Waals surface area contributed by atoms with Gasteiger partial charge in [-0.1, -0.05) is 5.16 Å². The zero-order valence-corrected chi connectivity index (χ0v) is 19.0. The molecule has 182 valence electrons. The van der Waals surface area contributed by atoms with Gasteiger partial charge in [0.15, 0.2) is 6.10 Å². The number of halogens is 4. The van der Waals surface area contributed by atoms with Gasteiger partial charge < -0.3 is 9.74 Å². The fourth-order valence-corrected chi connectivity index (χ4v) is 5.90. The Kier molecular flexibility index (Phi) is 5.75. The van der Waals surface area contributed by atoms with Crippen molar-refractivity contribution < 1.29 is 30.8 Å². The summed E-state index contributed by atoms with van der Waals surface area (Å²) < 4.78 is 83.9. The number of hydrogen-bond donors (Lipinski definition) is 1. The minimum atomic E-state index is -3.55. The summed E-state index contributed by atoms with van der Waals surface area (Å²) in [5.41, 5.74) is 0.517. The van der Waals surface area contributed by atoms with Crippen LogP contribution in [0.25, 0.3) is 11.1 Å². The molecular formula is C22H22F4N4O3S. The summed E-state index contributed by atoms with van der Waals surface area (Å²) in [6.45, 7) is 1.71. The van der Waals surface area contributed by atoms with E-state index < -0.39 is 56.6 Å². The number of amidine groups is 1. The Morgan fingerprint density at radius 1 is 1.12 bits per heavy atom. The predicted molar refractivity (Wildman–Crippen MR) is 115 cm³/mol. The molecule has 0 unspecified atom stereocenters. The van der Waals surface area contributed by atoms with Crippen LogP contribution in [-0.4, -0.2) is 54.7 Å². The van der Waals surface area contributed by atoms with Gasteiger partial charge in [0.05, 0.1) is 35.5 Å². The second-order valence-electron chi connectivity index (χ2n) is 8.89. The molecule has 0 bridgehead atoms. The van der Waals surface area contributed by atoms with E-state index >= 15 is 0 Å². The third kappa shape index (κ3) is 4.36. The number of nitrogens with zero attached hydrogens (tertiary/aromatic N) is 3. The quantitative estimate of drug-likeness (QED) is 0.640. The molecule has 5 rings (SSSR count). The maximum absolute atomic E-state index is 14.6. The van der Waals surface area contributed by atoms with Crippen molar-refractivity contribution in [3.8, 4) is 11.1 Å². The SMILES string of the molecule is Cc1cnc([C@@H]2CC(N3C[C@H](F)[C@H](NS(=O)(=O)C4CC4)C3)=NO2)c(-c2c(F)cc(F)cc2F)c1. The van der Waals surface area contributed by atoms with Crippen molar-refractivity contribution in [2.75, 3.05) is 13.1 Å². The Morgan fingerprint density at radius 3 is 2.50 bits per heavy atom. The Morgan fingerprint density at radius 2 is 1.82 bits per heavy atom. The normalized spacial score (nSPS) is 24.9. The summed E-state index contributed by atoms with van der Waals surface area (Å²) in [7, 11) is -3.55. The van der Waals surface area contributed by atoms with Crippen LogP contribution in [0.5, 0.6) is 0 Å². The monoisotopic (exact) mass is 498 g/mol. The minimum absolute atomic E-state index is 0.0673. The molecule has 2 fully saturated rings. The molecule has 3 heterocycles. The van der Waals surface area contributed by atoms with Crippen LogP contribution in [0.15, 0.2) is 29.6 Å². The molecule has 1 saturated carbocycles. The number of oxime groups is 1. The van der Waals surface area contributed by atoms with E-state index in [-0.39, 0.29) is 30.8 Å². The van der Waals surface area contributed by atoms with Crippen molar-refractivity contribution in [1.82, 2.24) is 14.6 Å². The van der Waals surface area contributed by atoms with Crippen LogP contribution >= 0.6 is 0 Å². The van der Waals surface area contributed by atoms with Crippen LogP contribution in [0, 0.1) is 24.4 Å². The van der Waals surface area contributed by atoms with Gasteiger partial charge in [-0.3, -0.25) is 4.98 Å². The Labute approximate surface area is 193 Å². The lowest BCUT2D eigenvalue weighted by Gasteiger charge is -2.18. The Hall–Kier alpha value is -2.73. The van der Waals surface area contributed by atoms with Gasteiger partial charge in [0, 0.05) is 30.4 Å². The second-order valence-corrected chi connectivity index (χ2v) is 10.9. The summed E-state index contributed by atoms with van der Waals surface area (Å²) in [6.07, 6.45) is 0.566. The lowest BCUT2D eigenvalue weighted by Crippen LogP contribution is -2.43. The van der Waals surface area contributed by atoms with Gasteiger partial charge in [0.2, 0.25) is 10.0 Å². The molecule has 3 atom stereocenters. The average Bonchev–Trinajstić information content (AvgIpc) is 3.41. The number of alkyl halides is 1. The van der Waals surface area contributed by atoms with E-state index in [4.69, 9.17) is 4.84 Å². The van der Waals surface area contributed by atoms with Gasteiger partial charge in [-0.15, -0.1) is 0 Å². The van der Waals surface area contributed by atoms with Crippen molar-refractivity contribution in [3.63, 3.8) is 0 Å². The van der Waals surface area contributed by atoms with Gasteiger partial charge >= 0.3 is 0 Å². The van der Waals surface area contributed by atoms with Crippen LogP contribution in [0.4, 0.5) is 17.6 Å². The summed E-state index contributed by atoms with van der Waals surface area (Å²) in [5, 5.41) is 3.56. The number of aryl methyl sites for hydroxylation is 1. The van der Waals surface area contributed by atoms with Crippen LogP contribution in [0.2, 0.25) is 0 Å². The van der Waals surface area contributed by atoms with E-state index in [1.54, 1.807) is 11.8 Å². The highest BCUT2D eigenvalue weighted by Crippen LogP contribution is 2.38. The highest BCUT2D eigenvalue weighted by Gasteiger charge is 2.43. The number of hydrogen-bond acceptors (Lipinski definition) is 6. The summed E-state index contributed by atoms with van der Waals surface area (Å²) >= 11 is 0. The fraction of sp³-hybridized carbons (Fsp3) is 0.455. The molecule has 1 N–H and O–H groups in total. The number of aromatic nitrogens is 1. The van der Waals surface area contributed by atoms with Gasteiger partial charge in [-0.05, 0) is 31.4 Å². The maximum atomic E-state index is 14.6. The first kappa shape index (κ1) is 23.0. The molecule has 0 spiro atoms. The predicted octanol–water partition coefficient (Wildman–Crippen LogP) is 3.35. The van der Waals surface area contributed by atoms with E-state index in [9.17, 15) is 26.0 Å². The van der Waals surface area contributed by atoms with Crippen LogP contribution in [0.3, 0.4) is 0 Å². The number of sulfonamides is 1. The van der Waals surface area contributed by atoms with E-state index in [2.05, 4.69) is 14.9 Å². The molecule has 3 aliphatic rings. The van der Waals surface area contributed by atoms with Crippen LogP contribution < -0.4 is 4.72 Å². The summed E-state index contributed by atoms with van der Waals surface area (Å²) in [5.74, 6) is -2.80. The van der Waals surface area contributed by atoms with Crippen LogP contribution in [0.1, 0.15) is 36.6 Å². The number of nitrogens with one attached hydrogen (secondary N) is 1. The molecule has 0 radical (unpaired) electrons. The third-order valence-corrected chi connectivity index (χ3v) is 8.16. The van der Waals surface area contributed by atoms with Crippen molar-refractivity contribution in [3.05, 3.63) is 53.1 Å². The van der Waals surface area contributed by atoms with Crippen molar-refractivity contribution in [2.45, 2.75) is 49.8 Å². The largest absolute Gasteiger partial charge is 0.384 e. The third-order valence-electron chi connectivity index (χ3n) is 6.18. The zero-order valence-electron chi connectivity index (χ0n) is 18.1. The van der Waals surface area contributed by atoms with E-state index in [1.165, 1.54) is 12.3 Å². The molecule has 2 aliphatic heterocycles. The maximum Gasteiger partial charge on any atom is 0.214 e.